The Hall–Kier alpha value is -2.14. The van der Waals surface area contributed by atoms with Gasteiger partial charge in [-0.25, -0.2) is 4.68 Å². The van der Waals surface area contributed by atoms with Crippen LogP contribution in [-0.4, -0.2) is 40.3 Å². The fraction of sp³-hybridized carbons (Fsp3) is 0.412. The van der Waals surface area contributed by atoms with Crippen molar-refractivity contribution in [2.45, 2.75) is 32.4 Å². The average molecular weight is 299 g/mol. The molecule has 1 fully saturated rings. The zero-order valence-electron chi connectivity index (χ0n) is 13.0. The SMILES string of the molecule is Cc1ccccc1-n1cc(CN(C)C[C@@H]2CCC(=O)O2)cn1. The van der Waals surface area contributed by atoms with Gasteiger partial charge in [-0.1, -0.05) is 18.2 Å². The van der Waals surface area contributed by atoms with Crippen molar-refractivity contribution in [3.8, 4) is 5.69 Å². The number of cyclic esters (lactones) is 1. The van der Waals surface area contributed by atoms with Crippen LogP contribution < -0.4 is 0 Å². The number of carbonyl (C=O) groups is 1. The van der Waals surface area contributed by atoms with Crippen LogP contribution in [0.2, 0.25) is 0 Å². The molecule has 22 heavy (non-hydrogen) atoms. The largest absolute Gasteiger partial charge is 0.461 e. The molecule has 0 radical (unpaired) electrons. The van der Waals surface area contributed by atoms with E-state index >= 15 is 0 Å². The zero-order chi connectivity index (χ0) is 15.5. The van der Waals surface area contributed by atoms with Gasteiger partial charge in [-0.3, -0.25) is 9.69 Å². The minimum atomic E-state index is -0.0780. The van der Waals surface area contributed by atoms with Gasteiger partial charge >= 0.3 is 5.97 Å². The van der Waals surface area contributed by atoms with Crippen molar-refractivity contribution in [3.63, 3.8) is 0 Å². The Labute approximate surface area is 130 Å². The lowest BCUT2D eigenvalue weighted by molar-refractivity contribution is -0.141. The number of ether oxygens (including phenoxy) is 1. The highest BCUT2D eigenvalue weighted by molar-refractivity contribution is 5.71. The van der Waals surface area contributed by atoms with Gasteiger partial charge in [0.1, 0.15) is 6.10 Å². The third kappa shape index (κ3) is 3.36. The molecule has 0 spiro atoms. The first-order chi connectivity index (χ1) is 10.6. The lowest BCUT2D eigenvalue weighted by Crippen LogP contribution is -2.28. The molecule has 0 unspecified atom stereocenters. The molecule has 0 bridgehead atoms. The summed E-state index contributed by atoms with van der Waals surface area (Å²) in [5, 5.41) is 4.45. The molecule has 116 valence electrons. The van der Waals surface area contributed by atoms with Crippen LogP contribution in [0.25, 0.3) is 5.69 Å². The molecule has 0 N–H and O–H groups in total. The van der Waals surface area contributed by atoms with E-state index in [-0.39, 0.29) is 12.1 Å². The number of para-hydroxylation sites is 1. The molecule has 1 atom stereocenters. The molecule has 0 saturated carbocycles. The van der Waals surface area contributed by atoms with Crippen molar-refractivity contribution in [1.82, 2.24) is 14.7 Å². The molecule has 5 heteroatoms. The van der Waals surface area contributed by atoms with Gasteiger partial charge in [-0.15, -0.1) is 0 Å². The molecule has 0 amide bonds. The van der Waals surface area contributed by atoms with Crippen LogP contribution >= 0.6 is 0 Å². The topological polar surface area (TPSA) is 47.4 Å². The average Bonchev–Trinajstić information content (AvgIpc) is 3.09. The molecular formula is C17H21N3O2. The number of nitrogens with zero attached hydrogens (tertiary/aromatic N) is 3. The van der Waals surface area contributed by atoms with E-state index in [1.54, 1.807) is 0 Å². The number of aryl methyl sites for hydroxylation is 1. The number of hydrogen-bond acceptors (Lipinski definition) is 4. The van der Waals surface area contributed by atoms with Crippen LogP contribution in [0, 0.1) is 6.92 Å². The summed E-state index contributed by atoms with van der Waals surface area (Å²) in [6.07, 6.45) is 5.35. The highest BCUT2D eigenvalue weighted by Crippen LogP contribution is 2.16. The van der Waals surface area contributed by atoms with Crippen molar-refractivity contribution < 1.29 is 9.53 Å². The molecule has 5 nitrogen and oxygen atoms in total. The Morgan fingerprint density at radius 3 is 2.95 bits per heavy atom. The predicted molar refractivity (Wildman–Crippen MR) is 83.7 cm³/mol. The summed E-state index contributed by atoms with van der Waals surface area (Å²) in [6, 6.07) is 8.19. The minimum absolute atomic E-state index is 0.0314. The van der Waals surface area contributed by atoms with E-state index in [4.69, 9.17) is 4.74 Å². The summed E-state index contributed by atoms with van der Waals surface area (Å²) < 4.78 is 7.17. The number of rotatable bonds is 5. The van der Waals surface area contributed by atoms with E-state index in [2.05, 4.69) is 35.3 Å². The Morgan fingerprint density at radius 2 is 2.23 bits per heavy atom. The fourth-order valence-electron chi connectivity index (χ4n) is 2.83. The van der Waals surface area contributed by atoms with Crippen molar-refractivity contribution >= 4 is 5.97 Å². The van der Waals surface area contributed by atoms with Crippen LogP contribution in [0.1, 0.15) is 24.0 Å². The molecule has 1 saturated heterocycles. The highest BCUT2D eigenvalue weighted by atomic mass is 16.5. The number of carbonyl (C=O) groups excluding carboxylic acids is 1. The molecule has 1 aliphatic rings. The molecule has 1 aromatic carbocycles. The summed E-state index contributed by atoms with van der Waals surface area (Å²) in [5.74, 6) is -0.0780. The lowest BCUT2D eigenvalue weighted by Gasteiger charge is -2.19. The number of likely N-dealkylation sites (N-methyl/N-ethyl adjacent to an activating group) is 1. The standard InChI is InChI=1S/C17H21N3O2/c1-13-5-3-4-6-16(13)20-11-14(9-18-20)10-19(2)12-15-7-8-17(21)22-15/h3-6,9,11,15H,7-8,10,12H2,1-2H3/t15-/m0/s1. The number of aromatic nitrogens is 2. The van der Waals surface area contributed by atoms with E-state index < -0.39 is 0 Å². The molecular weight excluding hydrogens is 278 g/mol. The van der Waals surface area contributed by atoms with Gasteiger partial charge in [0.2, 0.25) is 0 Å². The maximum atomic E-state index is 11.1. The van der Waals surface area contributed by atoms with Crippen LogP contribution in [-0.2, 0) is 16.1 Å². The molecule has 2 heterocycles. The fourth-order valence-corrected chi connectivity index (χ4v) is 2.83. The summed E-state index contributed by atoms with van der Waals surface area (Å²) in [7, 11) is 2.04. The Morgan fingerprint density at radius 1 is 1.41 bits per heavy atom. The summed E-state index contributed by atoms with van der Waals surface area (Å²) >= 11 is 0. The quantitative estimate of drug-likeness (QED) is 0.795. The zero-order valence-corrected chi connectivity index (χ0v) is 13.0. The van der Waals surface area contributed by atoms with E-state index in [9.17, 15) is 4.79 Å². The van der Waals surface area contributed by atoms with Crippen molar-refractivity contribution in [2.75, 3.05) is 13.6 Å². The first-order valence-corrected chi connectivity index (χ1v) is 7.59. The maximum Gasteiger partial charge on any atom is 0.306 e. The predicted octanol–water partition coefficient (Wildman–Crippen LogP) is 2.32. The smallest absolute Gasteiger partial charge is 0.306 e. The van der Waals surface area contributed by atoms with Gasteiger partial charge in [0.05, 0.1) is 11.9 Å². The summed E-state index contributed by atoms with van der Waals surface area (Å²) in [4.78, 5) is 13.3. The molecule has 0 aliphatic carbocycles. The van der Waals surface area contributed by atoms with E-state index in [1.807, 2.05) is 30.1 Å². The van der Waals surface area contributed by atoms with E-state index in [0.717, 1.165) is 30.8 Å². The molecule has 2 aromatic rings. The summed E-state index contributed by atoms with van der Waals surface area (Å²) in [6.45, 7) is 3.64. The molecule has 3 rings (SSSR count). The second kappa shape index (κ2) is 6.32. The normalized spacial score (nSPS) is 18.0. The Balaban J connectivity index is 1.62. The van der Waals surface area contributed by atoms with Gasteiger partial charge < -0.3 is 4.74 Å². The summed E-state index contributed by atoms with van der Waals surface area (Å²) in [5.41, 5.74) is 3.44. The number of esters is 1. The van der Waals surface area contributed by atoms with Gasteiger partial charge in [-0.05, 0) is 32.0 Å². The van der Waals surface area contributed by atoms with Crippen LogP contribution in [0.4, 0.5) is 0 Å². The Kier molecular flexibility index (Phi) is 4.24. The van der Waals surface area contributed by atoms with Gasteiger partial charge in [0, 0.05) is 31.3 Å². The van der Waals surface area contributed by atoms with Crippen LogP contribution in [0.15, 0.2) is 36.7 Å². The van der Waals surface area contributed by atoms with Gasteiger partial charge in [0.15, 0.2) is 0 Å². The number of hydrogen-bond donors (Lipinski definition) is 0. The van der Waals surface area contributed by atoms with Gasteiger partial charge in [-0.2, -0.15) is 5.10 Å². The minimum Gasteiger partial charge on any atom is -0.461 e. The number of benzene rings is 1. The molecule has 1 aliphatic heterocycles. The third-order valence-corrected chi connectivity index (χ3v) is 3.93. The lowest BCUT2D eigenvalue weighted by atomic mass is 10.2. The van der Waals surface area contributed by atoms with Crippen molar-refractivity contribution in [2.24, 2.45) is 0 Å². The monoisotopic (exact) mass is 299 g/mol. The maximum absolute atomic E-state index is 11.1. The van der Waals surface area contributed by atoms with Crippen LogP contribution in [0.5, 0.6) is 0 Å². The first kappa shape index (κ1) is 14.8. The highest BCUT2D eigenvalue weighted by Gasteiger charge is 2.24. The Bertz CT molecular complexity index is 665. The van der Waals surface area contributed by atoms with Crippen molar-refractivity contribution in [3.05, 3.63) is 47.8 Å². The first-order valence-electron chi connectivity index (χ1n) is 7.59. The van der Waals surface area contributed by atoms with E-state index in [1.165, 1.54) is 5.56 Å². The van der Waals surface area contributed by atoms with Crippen LogP contribution in [0.3, 0.4) is 0 Å². The molecule has 1 aromatic heterocycles. The third-order valence-electron chi connectivity index (χ3n) is 3.93. The van der Waals surface area contributed by atoms with Crippen molar-refractivity contribution in [1.29, 1.82) is 0 Å². The second-order valence-electron chi connectivity index (χ2n) is 5.93. The van der Waals surface area contributed by atoms with Gasteiger partial charge in [0.25, 0.3) is 0 Å². The second-order valence-corrected chi connectivity index (χ2v) is 5.93. The van der Waals surface area contributed by atoms with E-state index in [0.29, 0.717) is 6.42 Å².